The third-order valence-corrected chi connectivity index (χ3v) is 4.32. The molecule has 3 rings (SSSR count). The second-order valence-electron chi connectivity index (χ2n) is 4.86. The topological polar surface area (TPSA) is 88.6 Å². The Bertz CT molecular complexity index is 952. The molecular weight excluding hydrogens is 326 g/mol. The van der Waals surface area contributed by atoms with Crippen LogP contribution in [0.4, 0.5) is 8.78 Å². The number of halogens is 2. The number of tetrazole rings is 1. The van der Waals surface area contributed by atoms with Crippen molar-refractivity contribution in [1.82, 2.24) is 20.6 Å². The molecule has 0 aliphatic rings. The quantitative estimate of drug-likeness (QED) is 0.792. The van der Waals surface area contributed by atoms with Gasteiger partial charge in [-0.2, -0.15) is 0 Å². The number of rotatable bonds is 3. The first kappa shape index (κ1) is 15.2. The van der Waals surface area contributed by atoms with E-state index in [1.807, 2.05) is 0 Å². The van der Waals surface area contributed by atoms with E-state index in [9.17, 15) is 17.2 Å². The van der Waals surface area contributed by atoms with Gasteiger partial charge in [0.25, 0.3) is 0 Å². The molecule has 1 N–H and O–H groups in total. The van der Waals surface area contributed by atoms with E-state index in [-0.39, 0.29) is 21.8 Å². The van der Waals surface area contributed by atoms with E-state index < -0.39 is 21.5 Å². The maximum absolute atomic E-state index is 13.5. The first-order valence-corrected chi connectivity index (χ1v) is 8.29. The summed E-state index contributed by atoms with van der Waals surface area (Å²) in [6, 6.07) is 7.37. The summed E-state index contributed by atoms with van der Waals surface area (Å²) in [4.78, 5) is -0.0433. The second-order valence-corrected chi connectivity index (χ2v) is 6.84. The van der Waals surface area contributed by atoms with E-state index in [1.165, 1.54) is 12.1 Å². The average molecular weight is 336 g/mol. The third-order valence-electron chi connectivity index (χ3n) is 3.18. The maximum atomic E-state index is 13.5. The number of aromatic amines is 1. The number of nitrogens with zero attached hydrogens (tertiary/aromatic N) is 3. The Morgan fingerprint density at radius 3 is 2.35 bits per heavy atom. The van der Waals surface area contributed by atoms with Crippen molar-refractivity contribution in [3.05, 3.63) is 48.0 Å². The zero-order chi connectivity index (χ0) is 16.6. The molecule has 0 amide bonds. The molecule has 0 unspecified atom stereocenters. The summed E-state index contributed by atoms with van der Waals surface area (Å²) in [6.07, 6.45) is 1.03. The van der Waals surface area contributed by atoms with Crippen molar-refractivity contribution < 1.29 is 17.2 Å². The van der Waals surface area contributed by atoms with Crippen molar-refractivity contribution in [3.63, 3.8) is 0 Å². The van der Waals surface area contributed by atoms with Gasteiger partial charge in [0.15, 0.2) is 15.7 Å². The summed E-state index contributed by atoms with van der Waals surface area (Å²) in [7, 11) is -3.61. The van der Waals surface area contributed by atoms with Crippen molar-refractivity contribution in [3.8, 4) is 22.5 Å². The Kier molecular flexibility index (Phi) is 3.64. The molecule has 3 aromatic rings. The summed E-state index contributed by atoms with van der Waals surface area (Å²) in [6.45, 7) is 0. The van der Waals surface area contributed by atoms with Crippen LogP contribution in [0.25, 0.3) is 22.5 Å². The standard InChI is InChI=1S/C14H10F2N4O2S/c1-23(21,22)12-4-2-3-11(13(12)14-17-19-20-18-14)8-5-9(15)7-10(16)6-8/h2-7H,1H3,(H,17,18,19,20). The molecule has 0 saturated heterocycles. The minimum absolute atomic E-state index is 0.0433. The molecular formula is C14H10F2N4O2S. The SMILES string of the molecule is CS(=O)(=O)c1cccc(-c2cc(F)cc(F)c2)c1-c1nnn[nH]1. The molecule has 6 nitrogen and oxygen atoms in total. The Morgan fingerprint density at radius 1 is 1.09 bits per heavy atom. The lowest BCUT2D eigenvalue weighted by Gasteiger charge is -2.12. The summed E-state index contributed by atoms with van der Waals surface area (Å²) in [5.74, 6) is -1.46. The number of benzene rings is 2. The lowest BCUT2D eigenvalue weighted by Crippen LogP contribution is -2.02. The highest BCUT2D eigenvalue weighted by Crippen LogP contribution is 2.35. The molecule has 1 aromatic heterocycles. The number of aromatic nitrogens is 4. The van der Waals surface area contributed by atoms with Gasteiger partial charge in [0, 0.05) is 17.9 Å². The van der Waals surface area contributed by atoms with Crippen molar-refractivity contribution in [1.29, 1.82) is 0 Å². The molecule has 0 atom stereocenters. The molecule has 118 valence electrons. The van der Waals surface area contributed by atoms with Crippen LogP contribution in [0.1, 0.15) is 0 Å². The fourth-order valence-electron chi connectivity index (χ4n) is 2.30. The molecule has 0 spiro atoms. The monoisotopic (exact) mass is 336 g/mol. The van der Waals surface area contributed by atoms with E-state index in [4.69, 9.17) is 0 Å². The van der Waals surface area contributed by atoms with Crippen LogP contribution in [-0.2, 0) is 9.84 Å². The first-order chi connectivity index (χ1) is 10.9. The Morgan fingerprint density at radius 2 is 1.78 bits per heavy atom. The summed E-state index contributed by atoms with van der Waals surface area (Å²) < 4.78 is 51.1. The van der Waals surface area contributed by atoms with Crippen molar-refractivity contribution in [2.75, 3.05) is 6.26 Å². The van der Waals surface area contributed by atoms with E-state index in [1.54, 1.807) is 6.07 Å². The van der Waals surface area contributed by atoms with Gasteiger partial charge in [0.1, 0.15) is 11.6 Å². The Hall–Kier alpha value is -2.68. The van der Waals surface area contributed by atoms with Gasteiger partial charge in [-0.05, 0) is 39.8 Å². The van der Waals surface area contributed by atoms with E-state index in [0.717, 1.165) is 24.5 Å². The summed E-state index contributed by atoms with van der Waals surface area (Å²) in [5, 5.41) is 13.1. The van der Waals surface area contributed by atoms with Gasteiger partial charge < -0.3 is 0 Å². The number of hydrogen-bond acceptors (Lipinski definition) is 5. The van der Waals surface area contributed by atoms with Crippen LogP contribution >= 0.6 is 0 Å². The molecule has 2 aromatic carbocycles. The zero-order valence-electron chi connectivity index (χ0n) is 11.8. The highest BCUT2D eigenvalue weighted by Gasteiger charge is 2.21. The smallest absolute Gasteiger partial charge is 0.181 e. The molecule has 23 heavy (non-hydrogen) atoms. The molecule has 1 heterocycles. The van der Waals surface area contributed by atoms with Crippen LogP contribution in [0, 0.1) is 11.6 Å². The fourth-order valence-corrected chi connectivity index (χ4v) is 3.20. The van der Waals surface area contributed by atoms with Gasteiger partial charge in [-0.3, -0.25) is 0 Å². The van der Waals surface area contributed by atoms with Gasteiger partial charge in [-0.15, -0.1) is 5.10 Å². The number of H-pyrrole nitrogens is 1. The van der Waals surface area contributed by atoms with E-state index >= 15 is 0 Å². The number of nitrogens with one attached hydrogen (secondary N) is 1. The molecule has 0 bridgehead atoms. The minimum Gasteiger partial charge on any atom is -0.239 e. The lowest BCUT2D eigenvalue weighted by atomic mass is 9.99. The average Bonchev–Trinajstić information content (AvgIpc) is 2.98. The predicted molar refractivity (Wildman–Crippen MR) is 78.1 cm³/mol. The third kappa shape index (κ3) is 2.95. The van der Waals surface area contributed by atoms with Gasteiger partial charge in [0.2, 0.25) is 0 Å². The highest BCUT2D eigenvalue weighted by atomic mass is 32.2. The van der Waals surface area contributed by atoms with E-state index in [0.29, 0.717) is 5.56 Å². The molecule has 0 fully saturated rings. The maximum Gasteiger partial charge on any atom is 0.181 e. The normalized spacial score (nSPS) is 11.6. The van der Waals surface area contributed by atoms with Crippen LogP contribution in [0.5, 0.6) is 0 Å². The number of hydrogen-bond donors (Lipinski definition) is 1. The summed E-state index contributed by atoms with van der Waals surface area (Å²) >= 11 is 0. The Labute approximate surface area is 130 Å². The van der Waals surface area contributed by atoms with Gasteiger partial charge in [-0.1, -0.05) is 12.1 Å². The fraction of sp³-hybridized carbons (Fsp3) is 0.0714. The van der Waals surface area contributed by atoms with Crippen molar-refractivity contribution in [2.24, 2.45) is 0 Å². The van der Waals surface area contributed by atoms with Gasteiger partial charge in [-0.25, -0.2) is 22.3 Å². The molecule has 0 radical (unpaired) electrons. The molecule has 9 heteroatoms. The van der Waals surface area contributed by atoms with Crippen LogP contribution < -0.4 is 0 Å². The van der Waals surface area contributed by atoms with Crippen molar-refractivity contribution >= 4 is 9.84 Å². The molecule has 0 saturated carbocycles. The van der Waals surface area contributed by atoms with Crippen LogP contribution in [-0.4, -0.2) is 35.3 Å². The predicted octanol–water partition coefficient (Wildman–Crippen LogP) is 2.22. The Balaban J connectivity index is 2.38. The molecule has 0 aliphatic carbocycles. The first-order valence-electron chi connectivity index (χ1n) is 6.40. The van der Waals surface area contributed by atoms with Crippen molar-refractivity contribution in [2.45, 2.75) is 4.90 Å². The summed E-state index contributed by atoms with van der Waals surface area (Å²) in [5.41, 5.74) is 0.634. The molecule has 0 aliphatic heterocycles. The highest BCUT2D eigenvalue weighted by molar-refractivity contribution is 7.90. The van der Waals surface area contributed by atoms with E-state index in [2.05, 4.69) is 20.6 Å². The second kappa shape index (κ2) is 5.51. The van der Waals surface area contributed by atoms with Crippen LogP contribution in [0.3, 0.4) is 0 Å². The zero-order valence-corrected chi connectivity index (χ0v) is 12.6. The largest absolute Gasteiger partial charge is 0.239 e. The van der Waals surface area contributed by atoms with Crippen LogP contribution in [0.2, 0.25) is 0 Å². The minimum atomic E-state index is -3.61. The van der Waals surface area contributed by atoms with Gasteiger partial charge in [0.05, 0.1) is 4.90 Å². The van der Waals surface area contributed by atoms with Gasteiger partial charge >= 0.3 is 0 Å². The number of sulfone groups is 1. The lowest BCUT2D eigenvalue weighted by molar-refractivity contribution is 0.584. The van der Waals surface area contributed by atoms with Crippen LogP contribution in [0.15, 0.2) is 41.3 Å².